The van der Waals surface area contributed by atoms with Gasteiger partial charge >= 0.3 is 0 Å². The molecule has 6 heteroatoms. The average Bonchev–Trinajstić information content (AvgIpc) is 2.59. The van der Waals surface area contributed by atoms with Crippen molar-refractivity contribution >= 4 is 28.8 Å². The minimum absolute atomic E-state index is 0.250. The summed E-state index contributed by atoms with van der Waals surface area (Å²) in [5.74, 6) is 2.19. The van der Waals surface area contributed by atoms with Gasteiger partial charge < -0.3 is 19.9 Å². The standard InChI is InChI=1S/C19H22ClNO3S/c1-12(2)14-6-4-5-7-16(14)23-8-9-24-18-15(20)10-13(19(21)25)11-17(18)22-3/h4-7,10-12H,8-9H2,1-3H3,(H2,21,25). The van der Waals surface area contributed by atoms with Gasteiger partial charge in [0.15, 0.2) is 11.5 Å². The molecule has 0 aliphatic carbocycles. The predicted molar refractivity (Wildman–Crippen MR) is 105 cm³/mol. The van der Waals surface area contributed by atoms with Crippen molar-refractivity contribution < 1.29 is 14.2 Å². The lowest BCUT2D eigenvalue weighted by Crippen LogP contribution is -2.12. The number of ether oxygens (including phenoxy) is 3. The lowest BCUT2D eigenvalue weighted by Gasteiger charge is -2.16. The van der Waals surface area contributed by atoms with E-state index in [-0.39, 0.29) is 4.99 Å². The van der Waals surface area contributed by atoms with Gasteiger partial charge in [-0.25, -0.2) is 0 Å². The Bertz CT molecular complexity index is 749. The van der Waals surface area contributed by atoms with Crippen molar-refractivity contribution in [1.29, 1.82) is 0 Å². The van der Waals surface area contributed by atoms with Gasteiger partial charge in [-0.05, 0) is 29.7 Å². The van der Waals surface area contributed by atoms with Gasteiger partial charge in [0.25, 0.3) is 0 Å². The van der Waals surface area contributed by atoms with Crippen LogP contribution >= 0.6 is 23.8 Å². The van der Waals surface area contributed by atoms with Crippen LogP contribution in [0.3, 0.4) is 0 Å². The largest absolute Gasteiger partial charge is 0.493 e. The maximum Gasteiger partial charge on any atom is 0.179 e. The van der Waals surface area contributed by atoms with Crippen LogP contribution in [0, 0.1) is 0 Å². The number of benzene rings is 2. The van der Waals surface area contributed by atoms with Crippen molar-refractivity contribution in [2.24, 2.45) is 5.73 Å². The SMILES string of the molecule is COc1cc(C(N)=S)cc(Cl)c1OCCOc1ccccc1C(C)C. The number of halogens is 1. The summed E-state index contributed by atoms with van der Waals surface area (Å²) in [5, 5.41) is 0.393. The monoisotopic (exact) mass is 379 g/mol. The van der Waals surface area contributed by atoms with E-state index >= 15 is 0 Å². The average molecular weight is 380 g/mol. The van der Waals surface area contributed by atoms with E-state index in [9.17, 15) is 0 Å². The summed E-state index contributed by atoms with van der Waals surface area (Å²) < 4.78 is 16.9. The second-order valence-corrected chi connectivity index (χ2v) is 6.59. The highest BCUT2D eigenvalue weighted by Gasteiger charge is 2.13. The van der Waals surface area contributed by atoms with Crippen molar-refractivity contribution in [3.05, 3.63) is 52.5 Å². The van der Waals surface area contributed by atoms with Gasteiger partial charge in [0.2, 0.25) is 0 Å². The zero-order valence-electron chi connectivity index (χ0n) is 14.5. The molecule has 0 aromatic heterocycles. The fraction of sp³-hybridized carbons (Fsp3) is 0.316. The van der Waals surface area contributed by atoms with E-state index in [0.29, 0.717) is 41.2 Å². The van der Waals surface area contributed by atoms with Crippen LogP contribution in [0.15, 0.2) is 36.4 Å². The third-order valence-electron chi connectivity index (χ3n) is 3.64. The van der Waals surface area contributed by atoms with Gasteiger partial charge in [0.1, 0.15) is 24.0 Å². The molecule has 0 bridgehead atoms. The molecule has 0 fully saturated rings. The maximum atomic E-state index is 6.26. The molecule has 134 valence electrons. The van der Waals surface area contributed by atoms with Crippen LogP contribution in [0.4, 0.5) is 0 Å². The third kappa shape index (κ3) is 5.00. The van der Waals surface area contributed by atoms with E-state index in [1.165, 1.54) is 12.7 Å². The first-order valence-corrected chi connectivity index (χ1v) is 8.74. The molecule has 25 heavy (non-hydrogen) atoms. The zero-order valence-corrected chi connectivity index (χ0v) is 16.1. The molecular weight excluding hydrogens is 358 g/mol. The van der Waals surface area contributed by atoms with Gasteiger partial charge in [0, 0.05) is 5.56 Å². The summed E-state index contributed by atoms with van der Waals surface area (Å²) in [4.78, 5) is 0.250. The number of hydrogen-bond acceptors (Lipinski definition) is 4. The summed E-state index contributed by atoms with van der Waals surface area (Å²) in [7, 11) is 1.54. The second-order valence-electron chi connectivity index (χ2n) is 5.74. The van der Waals surface area contributed by atoms with Gasteiger partial charge in [-0.3, -0.25) is 0 Å². The first-order chi connectivity index (χ1) is 11.9. The van der Waals surface area contributed by atoms with Gasteiger partial charge in [-0.15, -0.1) is 0 Å². The number of nitrogens with two attached hydrogens (primary N) is 1. The smallest absolute Gasteiger partial charge is 0.179 e. The lowest BCUT2D eigenvalue weighted by atomic mass is 10.0. The number of thiocarbonyl (C=S) groups is 1. The van der Waals surface area contributed by atoms with Crippen molar-refractivity contribution in [2.75, 3.05) is 20.3 Å². The Kier molecular flexibility index (Phi) is 6.91. The lowest BCUT2D eigenvalue weighted by molar-refractivity contribution is 0.210. The Hall–Kier alpha value is -1.98. The molecule has 0 unspecified atom stereocenters. The van der Waals surface area contributed by atoms with Crippen molar-refractivity contribution in [1.82, 2.24) is 0 Å². The Morgan fingerprint density at radius 1 is 1.12 bits per heavy atom. The molecule has 0 atom stereocenters. The molecule has 0 radical (unpaired) electrons. The topological polar surface area (TPSA) is 53.7 Å². The normalized spacial score (nSPS) is 10.6. The number of para-hydroxylation sites is 1. The predicted octanol–water partition coefficient (Wildman–Crippen LogP) is 4.56. The minimum atomic E-state index is 0.250. The highest BCUT2D eigenvalue weighted by Crippen LogP contribution is 2.36. The maximum absolute atomic E-state index is 6.26. The molecule has 2 N–H and O–H groups in total. The molecule has 4 nitrogen and oxygen atoms in total. The minimum Gasteiger partial charge on any atom is -0.493 e. The summed E-state index contributed by atoms with van der Waals surface area (Å²) in [6.45, 7) is 4.98. The summed E-state index contributed by atoms with van der Waals surface area (Å²) in [5.41, 5.74) is 7.43. The van der Waals surface area contributed by atoms with E-state index in [1.807, 2.05) is 18.2 Å². The summed E-state index contributed by atoms with van der Waals surface area (Å²) >= 11 is 11.2. The zero-order chi connectivity index (χ0) is 18.4. The first kappa shape index (κ1) is 19.3. The third-order valence-corrected chi connectivity index (χ3v) is 4.16. The van der Waals surface area contributed by atoms with Crippen LogP contribution in [-0.4, -0.2) is 25.3 Å². The Morgan fingerprint density at radius 3 is 2.44 bits per heavy atom. The van der Waals surface area contributed by atoms with Crippen LogP contribution in [0.5, 0.6) is 17.2 Å². The summed E-state index contributed by atoms with van der Waals surface area (Å²) in [6, 6.07) is 11.4. The fourth-order valence-electron chi connectivity index (χ4n) is 2.39. The van der Waals surface area contributed by atoms with E-state index in [4.69, 9.17) is 43.8 Å². The van der Waals surface area contributed by atoms with Gasteiger partial charge in [-0.2, -0.15) is 0 Å². The number of hydrogen-bond donors (Lipinski definition) is 1. The Balaban J connectivity index is 2.02. The van der Waals surface area contributed by atoms with Crippen LogP contribution in [0.25, 0.3) is 0 Å². The number of methoxy groups -OCH3 is 1. The second kappa shape index (κ2) is 8.92. The molecular formula is C19H22ClNO3S. The molecule has 0 amide bonds. The molecule has 2 aromatic rings. The molecule has 0 saturated heterocycles. The van der Waals surface area contributed by atoms with Crippen molar-refractivity contribution in [2.45, 2.75) is 19.8 Å². The van der Waals surface area contributed by atoms with E-state index in [1.54, 1.807) is 12.1 Å². The van der Waals surface area contributed by atoms with Crippen LogP contribution in [0.2, 0.25) is 5.02 Å². The molecule has 0 spiro atoms. The molecule has 0 aliphatic heterocycles. The molecule has 0 heterocycles. The Morgan fingerprint density at radius 2 is 1.80 bits per heavy atom. The van der Waals surface area contributed by atoms with Gasteiger partial charge in [0.05, 0.1) is 12.1 Å². The van der Waals surface area contributed by atoms with E-state index in [2.05, 4.69) is 19.9 Å². The summed E-state index contributed by atoms with van der Waals surface area (Å²) in [6.07, 6.45) is 0. The Labute approximate surface area is 158 Å². The van der Waals surface area contributed by atoms with Crippen LogP contribution < -0.4 is 19.9 Å². The molecule has 2 rings (SSSR count). The van der Waals surface area contributed by atoms with E-state index < -0.39 is 0 Å². The fourth-order valence-corrected chi connectivity index (χ4v) is 2.77. The van der Waals surface area contributed by atoms with Crippen molar-refractivity contribution in [3.63, 3.8) is 0 Å². The van der Waals surface area contributed by atoms with Crippen LogP contribution in [-0.2, 0) is 0 Å². The van der Waals surface area contributed by atoms with Gasteiger partial charge in [-0.1, -0.05) is 55.9 Å². The highest BCUT2D eigenvalue weighted by atomic mass is 35.5. The van der Waals surface area contributed by atoms with E-state index in [0.717, 1.165) is 5.75 Å². The highest BCUT2D eigenvalue weighted by molar-refractivity contribution is 7.80. The first-order valence-electron chi connectivity index (χ1n) is 7.96. The number of rotatable bonds is 8. The molecule has 2 aromatic carbocycles. The molecule has 0 saturated carbocycles. The van der Waals surface area contributed by atoms with Crippen molar-refractivity contribution in [3.8, 4) is 17.2 Å². The molecule has 0 aliphatic rings. The quantitative estimate of drug-likeness (QED) is 0.538. The van der Waals surface area contributed by atoms with Crippen LogP contribution in [0.1, 0.15) is 30.9 Å².